The molecule has 1 amide bonds. The average molecular weight is 928 g/mol. The van der Waals surface area contributed by atoms with Crippen LogP contribution in [0.15, 0.2) is 122 Å². The summed E-state index contributed by atoms with van der Waals surface area (Å²) in [6, 6.07) is -0.746. The summed E-state index contributed by atoms with van der Waals surface area (Å²) in [6.45, 7) is 6.28. The summed E-state index contributed by atoms with van der Waals surface area (Å²) in [7, 11) is 0. The van der Waals surface area contributed by atoms with Crippen LogP contribution in [0.2, 0.25) is 0 Å². The molecular formula is C61H101NO5. The van der Waals surface area contributed by atoms with E-state index in [9.17, 15) is 19.8 Å². The lowest BCUT2D eigenvalue weighted by atomic mass is 10.0. The van der Waals surface area contributed by atoms with Crippen LogP contribution in [0, 0.1) is 0 Å². The van der Waals surface area contributed by atoms with E-state index < -0.39 is 18.2 Å². The van der Waals surface area contributed by atoms with Gasteiger partial charge in [0.1, 0.15) is 6.10 Å². The Morgan fingerprint density at radius 1 is 0.463 bits per heavy atom. The fraction of sp³-hybridized carbons (Fsp3) is 0.639. The van der Waals surface area contributed by atoms with Crippen LogP contribution in [0.3, 0.4) is 0 Å². The SMILES string of the molecule is CC\C=C/C=C/C=C/C=C\C=C\C=C\CCCC(CC(=O)NC(CO)C(O)CCCCCCCCCCCCCCCCCC)OC(=O)CCC/C=C\C/C=C\C/C=C\C/C=C\CCCCC. The predicted molar refractivity (Wildman–Crippen MR) is 291 cm³/mol. The third kappa shape index (κ3) is 48.5. The first-order valence-electron chi connectivity index (χ1n) is 27.3. The van der Waals surface area contributed by atoms with E-state index in [1.165, 1.54) is 109 Å². The van der Waals surface area contributed by atoms with E-state index in [1.807, 2.05) is 60.8 Å². The topological polar surface area (TPSA) is 95.9 Å². The number of rotatable bonds is 47. The lowest BCUT2D eigenvalue weighted by Gasteiger charge is -2.24. The van der Waals surface area contributed by atoms with E-state index in [0.29, 0.717) is 19.3 Å². The number of aliphatic hydroxyl groups is 2. The maximum Gasteiger partial charge on any atom is 0.306 e. The third-order valence-electron chi connectivity index (χ3n) is 11.7. The van der Waals surface area contributed by atoms with Gasteiger partial charge in [-0.1, -0.05) is 258 Å². The van der Waals surface area contributed by atoms with Crippen molar-refractivity contribution in [3.8, 4) is 0 Å². The Morgan fingerprint density at radius 2 is 0.881 bits per heavy atom. The molecule has 3 unspecified atom stereocenters. The second-order valence-corrected chi connectivity index (χ2v) is 18.0. The molecule has 0 spiro atoms. The molecule has 0 fully saturated rings. The first-order chi connectivity index (χ1) is 33.0. The zero-order valence-corrected chi connectivity index (χ0v) is 43.2. The molecule has 0 aromatic rings. The molecule has 380 valence electrons. The van der Waals surface area contributed by atoms with Crippen molar-refractivity contribution < 1.29 is 24.5 Å². The lowest BCUT2D eigenvalue weighted by molar-refractivity contribution is -0.151. The van der Waals surface area contributed by atoms with E-state index in [4.69, 9.17) is 4.74 Å². The zero-order chi connectivity index (χ0) is 48.8. The third-order valence-corrected chi connectivity index (χ3v) is 11.7. The van der Waals surface area contributed by atoms with E-state index in [0.717, 1.165) is 64.2 Å². The highest BCUT2D eigenvalue weighted by molar-refractivity contribution is 5.77. The molecule has 67 heavy (non-hydrogen) atoms. The molecule has 3 N–H and O–H groups in total. The van der Waals surface area contributed by atoms with E-state index in [2.05, 4.69) is 86.8 Å². The average Bonchev–Trinajstić information content (AvgIpc) is 3.32. The van der Waals surface area contributed by atoms with Crippen molar-refractivity contribution in [1.29, 1.82) is 0 Å². The highest BCUT2D eigenvalue weighted by Gasteiger charge is 2.24. The molecular weight excluding hydrogens is 827 g/mol. The normalized spacial score (nSPS) is 14.2. The molecule has 0 saturated carbocycles. The van der Waals surface area contributed by atoms with Gasteiger partial charge in [-0.25, -0.2) is 0 Å². The Morgan fingerprint density at radius 3 is 1.37 bits per heavy atom. The van der Waals surface area contributed by atoms with Crippen LogP contribution < -0.4 is 5.32 Å². The molecule has 0 radical (unpaired) electrons. The van der Waals surface area contributed by atoms with Gasteiger partial charge in [-0.2, -0.15) is 0 Å². The Labute approximate surface area is 412 Å². The van der Waals surface area contributed by atoms with Gasteiger partial charge in [0.2, 0.25) is 5.91 Å². The minimum atomic E-state index is -0.826. The number of amides is 1. The summed E-state index contributed by atoms with van der Waals surface area (Å²) in [5.74, 6) is -0.626. The monoisotopic (exact) mass is 928 g/mol. The minimum Gasteiger partial charge on any atom is -0.462 e. The van der Waals surface area contributed by atoms with Crippen LogP contribution in [-0.2, 0) is 14.3 Å². The van der Waals surface area contributed by atoms with Crippen molar-refractivity contribution in [2.75, 3.05) is 6.61 Å². The smallest absolute Gasteiger partial charge is 0.306 e. The van der Waals surface area contributed by atoms with Crippen LogP contribution in [0.4, 0.5) is 0 Å². The number of carbonyl (C=O) groups excluding carboxylic acids is 2. The molecule has 0 bridgehead atoms. The predicted octanol–water partition coefficient (Wildman–Crippen LogP) is 16.8. The molecule has 0 heterocycles. The number of aliphatic hydroxyl groups excluding tert-OH is 2. The molecule has 0 aliphatic carbocycles. The number of carbonyl (C=O) groups is 2. The number of allylic oxidation sites excluding steroid dienone is 20. The van der Waals surface area contributed by atoms with Gasteiger partial charge in [0.05, 0.1) is 25.2 Å². The summed E-state index contributed by atoms with van der Waals surface area (Å²) in [6.07, 6.45) is 74.1. The van der Waals surface area contributed by atoms with Crippen LogP contribution in [0.25, 0.3) is 0 Å². The summed E-state index contributed by atoms with van der Waals surface area (Å²) in [4.78, 5) is 26.2. The van der Waals surface area contributed by atoms with Gasteiger partial charge in [0.25, 0.3) is 0 Å². The van der Waals surface area contributed by atoms with E-state index >= 15 is 0 Å². The summed E-state index contributed by atoms with van der Waals surface area (Å²) in [5, 5.41) is 23.8. The van der Waals surface area contributed by atoms with E-state index in [-0.39, 0.29) is 31.3 Å². The van der Waals surface area contributed by atoms with Gasteiger partial charge in [0.15, 0.2) is 0 Å². The Kier molecular flexibility index (Phi) is 50.2. The van der Waals surface area contributed by atoms with E-state index in [1.54, 1.807) is 0 Å². The summed E-state index contributed by atoms with van der Waals surface area (Å²) in [5.41, 5.74) is 0. The molecule has 6 heteroatoms. The Balaban J connectivity index is 4.79. The summed E-state index contributed by atoms with van der Waals surface area (Å²) < 4.78 is 5.88. The number of ether oxygens (including phenoxy) is 1. The van der Waals surface area contributed by atoms with Crippen molar-refractivity contribution in [2.24, 2.45) is 0 Å². The van der Waals surface area contributed by atoms with Crippen molar-refractivity contribution in [1.82, 2.24) is 5.32 Å². The molecule has 0 aliphatic rings. The van der Waals surface area contributed by atoms with Crippen molar-refractivity contribution >= 4 is 11.9 Å². The number of hydrogen-bond acceptors (Lipinski definition) is 5. The van der Waals surface area contributed by atoms with Crippen molar-refractivity contribution in [3.05, 3.63) is 122 Å². The Hall–Kier alpha value is -3.74. The number of nitrogens with one attached hydrogen (secondary N) is 1. The molecule has 0 aromatic carbocycles. The van der Waals surface area contributed by atoms with Crippen molar-refractivity contribution in [3.63, 3.8) is 0 Å². The highest BCUT2D eigenvalue weighted by Crippen LogP contribution is 2.17. The van der Waals surface area contributed by atoms with Gasteiger partial charge in [-0.15, -0.1) is 0 Å². The molecule has 0 saturated heterocycles. The maximum atomic E-state index is 13.2. The minimum absolute atomic E-state index is 0.00279. The molecule has 0 aromatic heterocycles. The van der Waals surface area contributed by atoms with Crippen LogP contribution >= 0.6 is 0 Å². The maximum absolute atomic E-state index is 13.2. The number of hydrogen-bond donors (Lipinski definition) is 3. The first kappa shape index (κ1) is 63.3. The highest BCUT2D eigenvalue weighted by atomic mass is 16.5. The molecule has 6 nitrogen and oxygen atoms in total. The number of esters is 1. The fourth-order valence-electron chi connectivity index (χ4n) is 7.58. The molecule has 0 aliphatic heterocycles. The molecule has 3 atom stereocenters. The standard InChI is InChI=1S/C61H101NO5/c1-4-7-10-13-16-19-22-25-28-30-33-36-39-42-45-48-51-54-61(66)67-57(52-49-46-43-40-37-34-31-27-24-21-18-15-12-9-6-3)55-60(65)62-58(56-63)59(64)53-50-47-44-41-38-35-32-29-26-23-20-17-14-11-8-5-2/h9,12,15-16,18-19,21,24-25,27-28,31,33-34,36-37,40,42-43,45,57-59,63-64H,4-8,10-11,13-14,17,20,22-23,26,29-30,32,35,38-39,41,44,46-56H2,1-3H3,(H,62,65)/b12-9-,18-15+,19-16-,24-21+,28-25-,31-27-,36-33-,37-34+,43-40+,45-42-. The Bertz CT molecular complexity index is 1410. The summed E-state index contributed by atoms with van der Waals surface area (Å²) >= 11 is 0. The van der Waals surface area contributed by atoms with Crippen LogP contribution in [0.5, 0.6) is 0 Å². The van der Waals surface area contributed by atoms with Gasteiger partial charge >= 0.3 is 5.97 Å². The quantitative estimate of drug-likeness (QED) is 0.0245. The van der Waals surface area contributed by atoms with Crippen LogP contribution in [0.1, 0.15) is 226 Å². The van der Waals surface area contributed by atoms with Crippen LogP contribution in [-0.4, -0.2) is 46.9 Å². The van der Waals surface area contributed by atoms with Gasteiger partial charge in [-0.05, 0) is 77.0 Å². The number of unbranched alkanes of at least 4 members (excludes halogenated alkanes) is 20. The second-order valence-electron chi connectivity index (χ2n) is 18.0. The second kappa shape index (κ2) is 53.2. The zero-order valence-electron chi connectivity index (χ0n) is 43.2. The largest absolute Gasteiger partial charge is 0.462 e. The van der Waals surface area contributed by atoms with Crippen molar-refractivity contribution in [2.45, 2.75) is 244 Å². The molecule has 0 rings (SSSR count). The first-order valence-corrected chi connectivity index (χ1v) is 27.3. The van der Waals surface area contributed by atoms with Gasteiger partial charge in [-0.3, -0.25) is 9.59 Å². The van der Waals surface area contributed by atoms with Gasteiger partial charge < -0.3 is 20.3 Å². The fourth-order valence-corrected chi connectivity index (χ4v) is 7.58. The lowest BCUT2D eigenvalue weighted by Crippen LogP contribution is -2.46. The van der Waals surface area contributed by atoms with Gasteiger partial charge in [0, 0.05) is 6.42 Å².